The fourth-order valence-electron chi connectivity index (χ4n) is 3.31. The van der Waals surface area contributed by atoms with Gasteiger partial charge < -0.3 is 9.26 Å². The van der Waals surface area contributed by atoms with Crippen molar-refractivity contribution in [3.63, 3.8) is 0 Å². The first-order chi connectivity index (χ1) is 14.5. The Morgan fingerprint density at radius 3 is 1.87 bits per heavy atom. The SMILES string of the molecule is CCCCCCCCCCCCOP(=O)(CCCC)Oc1ccccc1OC(C)C. The third kappa shape index (κ3) is 12.6. The van der Waals surface area contributed by atoms with E-state index in [0.29, 0.717) is 24.3 Å². The molecule has 0 aliphatic carbocycles. The maximum absolute atomic E-state index is 13.3. The highest BCUT2D eigenvalue weighted by Crippen LogP contribution is 2.51. The molecular weight excluding hydrogens is 395 g/mol. The predicted octanol–water partition coefficient (Wildman–Crippen LogP) is 8.78. The van der Waals surface area contributed by atoms with Gasteiger partial charge in [-0.1, -0.05) is 90.2 Å². The zero-order chi connectivity index (χ0) is 22.1. The number of benzene rings is 1. The molecule has 0 aliphatic rings. The smallest absolute Gasteiger partial charge is 0.379 e. The van der Waals surface area contributed by atoms with Crippen LogP contribution in [0.2, 0.25) is 0 Å². The van der Waals surface area contributed by atoms with Crippen LogP contribution in [0, 0.1) is 0 Å². The van der Waals surface area contributed by atoms with Gasteiger partial charge >= 0.3 is 7.60 Å². The van der Waals surface area contributed by atoms with E-state index in [1.54, 1.807) is 6.07 Å². The van der Waals surface area contributed by atoms with Gasteiger partial charge in [0.15, 0.2) is 11.5 Å². The molecule has 0 aliphatic heterocycles. The highest BCUT2D eigenvalue weighted by atomic mass is 31.2. The predicted molar refractivity (Wildman–Crippen MR) is 128 cm³/mol. The van der Waals surface area contributed by atoms with E-state index < -0.39 is 7.60 Å². The molecule has 0 aromatic heterocycles. The minimum Gasteiger partial charge on any atom is -0.487 e. The Balaban J connectivity index is 2.40. The largest absolute Gasteiger partial charge is 0.487 e. The van der Waals surface area contributed by atoms with Crippen LogP contribution in [0.25, 0.3) is 0 Å². The number of ether oxygens (including phenoxy) is 1. The average molecular weight is 441 g/mol. The molecule has 0 saturated heterocycles. The fourth-order valence-corrected chi connectivity index (χ4v) is 5.14. The molecule has 1 aromatic rings. The Hall–Kier alpha value is -0.990. The molecule has 0 saturated carbocycles. The average Bonchev–Trinajstić information content (AvgIpc) is 2.72. The molecule has 0 N–H and O–H groups in total. The maximum Gasteiger partial charge on any atom is 0.379 e. The molecule has 4 nitrogen and oxygen atoms in total. The summed E-state index contributed by atoms with van der Waals surface area (Å²) in [6.45, 7) is 8.77. The van der Waals surface area contributed by atoms with Crippen LogP contribution in [-0.4, -0.2) is 18.9 Å². The van der Waals surface area contributed by atoms with Crippen LogP contribution in [0.5, 0.6) is 11.5 Å². The van der Waals surface area contributed by atoms with E-state index in [9.17, 15) is 4.57 Å². The molecule has 0 amide bonds. The van der Waals surface area contributed by atoms with Gasteiger partial charge in [-0.25, -0.2) is 4.57 Å². The Kier molecular flexibility index (Phi) is 15.0. The van der Waals surface area contributed by atoms with Crippen molar-refractivity contribution < 1.29 is 18.3 Å². The molecule has 0 heterocycles. The van der Waals surface area contributed by atoms with E-state index in [2.05, 4.69) is 13.8 Å². The van der Waals surface area contributed by atoms with Crippen LogP contribution in [0.4, 0.5) is 0 Å². The van der Waals surface area contributed by atoms with E-state index in [1.165, 1.54) is 51.4 Å². The Morgan fingerprint density at radius 2 is 1.30 bits per heavy atom. The lowest BCUT2D eigenvalue weighted by atomic mass is 10.1. The van der Waals surface area contributed by atoms with Gasteiger partial charge in [0.2, 0.25) is 0 Å². The van der Waals surface area contributed by atoms with Gasteiger partial charge in [0, 0.05) is 0 Å². The fraction of sp³-hybridized carbons (Fsp3) is 0.760. The minimum atomic E-state index is -3.19. The van der Waals surface area contributed by atoms with E-state index in [4.69, 9.17) is 13.8 Å². The van der Waals surface area contributed by atoms with Gasteiger partial charge in [0.25, 0.3) is 0 Å². The lowest BCUT2D eigenvalue weighted by Gasteiger charge is -2.21. The number of unbranched alkanes of at least 4 members (excludes halogenated alkanes) is 10. The van der Waals surface area contributed by atoms with E-state index in [0.717, 1.165) is 25.7 Å². The number of para-hydroxylation sites is 2. The van der Waals surface area contributed by atoms with Crippen molar-refractivity contribution in [2.75, 3.05) is 12.8 Å². The van der Waals surface area contributed by atoms with Gasteiger partial charge in [-0.15, -0.1) is 0 Å². The van der Waals surface area contributed by atoms with E-state index in [1.807, 2.05) is 32.0 Å². The molecule has 5 heteroatoms. The standard InChI is InChI=1S/C25H45O4P/c1-5-7-9-10-11-12-13-14-15-18-21-27-30(26,22-8-6-2)29-25-20-17-16-19-24(25)28-23(3)4/h16-17,19-20,23H,5-15,18,21-22H2,1-4H3. The van der Waals surface area contributed by atoms with Gasteiger partial charge in [-0.2, -0.15) is 0 Å². The summed E-state index contributed by atoms with van der Waals surface area (Å²) in [4.78, 5) is 0. The van der Waals surface area contributed by atoms with Crippen molar-refractivity contribution >= 4 is 7.60 Å². The molecule has 0 bridgehead atoms. The molecule has 174 valence electrons. The van der Waals surface area contributed by atoms with Crippen LogP contribution in [-0.2, 0) is 9.09 Å². The first-order valence-electron chi connectivity index (χ1n) is 12.2. The lowest BCUT2D eigenvalue weighted by molar-refractivity contribution is 0.225. The first-order valence-corrected chi connectivity index (χ1v) is 13.9. The quantitative estimate of drug-likeness (QED) is 0.159. The molecule has 0 spiro atoms. The van der Waals surface area contributed by atoms with Crippen LogP contribution in [0.15, 0.2) is 24.3 Å². The summed E-state index contributed by atoms with van der Waals surface area (Å²) in [7, 11) is -3.19. The van der Waals surface area contributed by atoms with Crippen LogP contribution >= 0.6 is 7.60 Å². The van der Waals surface area contributed by atoms with Crippen molar-refractivity contribution in [3.8, 4) is 11.5 Å². The lowest BCUT2D eigenvalue weighted by Crippen LogP contribution is -2.08. The maximum atomic E-state index is 13.3. The number of hydrogen-bond acceptors (Lipinski definition) is 4. The van der Waals surface area contributed by atoms with Crippen LogP contribution < -0.4 is 9.26 Å². The second-order valence-electron chi connectivity index (χ2n) is 8.41. The van der Waals surface area contributed by atoms with Gasteiger partial charge in [0.05, 0.1) is 18.9 Å². The summed E-state index contributed by atoms with van der Waals surface area (Å²) >= 11 is 0. The van der Waals surface area contributed by atoms with Crippen molar-refractivity contribution in [1.82, 2.24) is 0 Å². The molecule has 0 fully saturated rings. The summed E-state index contributed by atoms with van der Waals surface area (Å²) in [6.07, 6.45) is 14.9. The van der Waals surface area contributed by atoms with Crippen LogP contribution in [0.1, 0.15) is 105 Å². The number of rotatable bonds is 19. The van der Waals surface area contributed by atoms with Crippen molar-refractivity contribution in [2.45, 2.75) is 111 Å². The third-order valence-corrected chi connectivity index (χ3v) is 6.94. The monoisotopic (exact) mass is 440 g/mol. The van der Waals surface area contributed by atoms with Gasteiger partial charge in [-0.3, -0.25) is 4.52 Å². The molecule has 1 rings (SSSR count). The summed E-state index contributed by atoms with van der Waals surface area (Å²) in [5.74, 6) is 1.13. The van der Waals surface area contributed by atoms with E-state index in [-0.39, 0.29) is 6.10 Å². The molecular formula is C25H45O4P. The zero-order valence-electron chi connectivity index (χ0n) is 19.9. The first kappa shape index (κ1) is 27.0. The molecule has 30 heavy (non-hydrogen) atoms. The molecule has 1 aromatic carbocycles. The van der Waals surface area contributed by atoms with Crippen molar-refractivity contribution in [3.05, 3.63) is 24.3 Å². The second-order valence-corrected chi connectivity index (χ2v) is 10.5. The Bertz CT molecular complexity index is 588. The van der Waals surface area contributed by atoms with Crippen molar-refractivity contribution in [2.24, 2.45) is 0 Å². The highest BCUT2D eigenvalue weighted by Gasteiger charge is 2.27. The Labute approximate surface area is 185 Å². The van der Waals surface area contributed by atoms with Crippen LogP contribution in [0.3, 0.4) is 0 Å². The van der Waals surface area contributed by atoms with Crippen molar-refractivity contribution in [1.29, 1.82) is 0 Å². The molecule has 0 radical (unpaired) electrons. The summed E-state index contributed by atoms with van der Waals surface area (Å²) in [5, 5.41) is 0. The summed E-state index contributed by atoms with van der Waals surface area (Å²) in [5.41, 5.74) is 0. The van der Waals surface area contributed by atoms with Gasteiger partial charge in [-0.05, 0) is 38.8 Å². The number of hydrogen-bond donors (Lipinski definition) is 0. The minimum absolute atomic E-state index is 0.0253. The van der Waals surface area contributed by atoms with Gasteiger partial charge in [0.1, 0.15) is 0 Å². The third-order valence-electron chi connectivity index (χ3n) is 5.02. The second kappa shape index (κ2) is 16.7. The molecule has 1 unspecified atom stereocenters. The Morgan fingerprint density at radius 1 is 0.767 bits per heavy atom. The summed E-state index contributed by atoms with van der Waals surface area (Å²) in [6, 6.07) is 7.42. The topological polar surface area (TPSA) is 44.8 Å². The molecule has 1 atom stereocenters. The summed E-state index contributed by atoms with van der Waals surface area (Å²) < 4.78 is 30.9. The highest BCUT2D eigenvalue weighted by molar-refractivity contribution is 7.54. The normalized spacial score (nSPS) is 13.4. The zero-order valence-corrected chi connectivity index (χ0v) is 20.8. The van der Waals surface area contributed by atoms with E-state index >= 15 is 0 Å².